The second-order valence-corrected chi connectivity index (χ2v) is 3.54. The molecule has 0 aliphatic heterocycles. The zero-order chi connectivity index (χ0) is 11.1. The highest BCUT2D eigenvalue weighted by molar-refractivity contribution is 5.86. The molecule has 82 valence electrons. The van der Waals surface area contributed by atoms with E-state index >= 15 is 0 Å². The van der Waals surface area contributed by atoms with Crippen molar-refractivity contribution >= 4 is 5.97 Å². The molecule has 0 aliphatic carbocycles. The fraction of sp³-hybridized carbons (Fsp3) is 0.545. The monoisotopic (exact) mass is 209 g/mol. The summed E-state index contributed by atoms with van der Waals surface area (Å²) < 4.78 is 1.78. The summed E-state index contributed by atoms with van der Waals surface area (Å²) in [5.41, 5.74) is 0.236. The number of carbonyl (C=O) groups is 1. The van der Waals surface area contributed by atoms with Gasteiger partial charge >= 0.3 is 5.97 Å². The molecule has 1 aromatic rings. The highest BCUT2D eigenvalue weighted by Crippen LogP contribution is 1.98. The topological polar surface area (TPSA) is 54.1 Å². The van der Waals surface area contributed by atoms with Gasteiger partial charge in [0.1, 0.15) is 6.20 Å². The summed E-state index contributed by atoms with van der Waals surface area (Å²) in [6.07, 6.45) is 7.87. The van der Waals surface area contributed by atoms with Crippen LogP contribution in [0.3, 0.4) is 0 Å². The summed E-state index contributed by atoms with van der Waals surface area (Å²) in [7, 11) is 0. The highest BCUT2D eigenvalue weighted by Gasteiger charge is 2.06. The molecule has 1 aromatic heterocycles. The summed E-state index contributed by atoms with van der Waals surface area (Å²) in [6, 6.07) is 1.58. The van der Waals surface area contributed by atoms with Gasteiger partial charge in [0.2, 0.25) is 0 Å². The van der Waals surface area contributed by atoms with Crippen molar-refractivity contribution in [1.29, 1.82) is 0 Å². The van der Waals surface area contributed by atoms with Gasteiger partial charge in [0, 0.05) is 12.5 Å². The van der Waals surface area contributed by atoms with Crippen LogP contribution in [-0.2, 0) is 6.54 Å². The lowest BCUT2D eigenvalue weighted by molar-refractivity contribution is -0.754. The average Bonchev–Trinajstić information content (AvgIpc) is 2.25. The van der Waals surface area contributed by atoms with Crippen molar-refractivity contribution in [2.24, 2.45) is 0 Å². The molecule has 15 heavy (non-hydrogen) atoms. The number of hydrogen-bond donors (Lipinski definition) is 1. The van der Waals surface area contributed by atoms with Crippen LogP contribution < -0.4 is 4.68 Å². The van der Waals surface area contributed by atoms with Crippen LogP contribution in [0.4, 0.5) is 0 Å². The molecule has 0 bridgehead atoms. The fourth-order valence-corrected chi connectivity index (χ4v) is 1.34. The Balaban J connectivity index is 2.39. The maximum Gasteiger partial charge on any atom is 0.337 e. The molecule has 4 nitrogen and oxygen atoms in total. The van der Waals surface area contributed by atoms with Crippen LogP contribution in [-0.4, -0.2) is 16.2 Å². The van der Waals surface area contributed by atoms with Gasteiger partial charge in [0.25, 0.3) is 0 Å². The molecular weight excluding hydrogens is 192 g/mol. The van der Waals surface area contributed by atoms with Gasteiger partial charge in [-0.3, -0.25) is 0 Å². The van der Waals surface area contributed by atoms with E-state index in [4.69, 9.17) is 5.11 Å². The third-order valence-electron chi connectivity index (χ3n) is 2.26. The van der Waals surface area contributed by atoms with Gasteiger partial charge in [-0.1, -0.05) is 24.4 Å². The van der Waals surface area contributed by atoms with Crippen molar-refractivity contribution in [3.05, 3.63) is 24.0 Å². The van der Waals surface area contributed by atoms with E-state index < -0.39 is 5.97 Å². The van der Waals surface area contributed by atoms with E-state index in [1.54, 1.807) is 16.9 Å². The Morgan fingerprint density at radius 3 is 2.80 bits per heavy atom. The molecule has 0 aliphatic rings. The lowest BCUT2D eigenvalue weighted by Gasteiger charge is -1.95. The third-order valence-corrected chi connectivity index (χ3v) is 2.26. The number of aromatic nitrogens is 2. The third kappa shape index (κ3) is 4.06. The van der Waals surface area contributed by atoms with E-state index in [1.807, 2.05) is 0 Å². The summed E-state index contributed by atoms with van der Waals surface area (Å²) in [4.78, 5) is 10.6. The predicted molar refractivity (Wildman–Crippen MR) is 55.5 cm³/mol. The molecule has 0 aromatic carbocycles. The number of nitrogens with zero attached hydrogens (tertiary/aromatic N) is 2. The Kier molecular flexibility index (Phi) is 4.74. The Morgan fingerprint density at radius 1 is 1.47 bits per heavy atom. The van der Waals surface area contributed by atoms with Gasteiger partial charge in [0.15, 0.2) is 12.7 Å². The molecule has 0 spiro atoms. The van der Waals surface area contributed by atoms with E-state index in [1.165, 1.54) is 25.5 Å². The Morgan fingerprint density at radius 2 is 2.27 bits per heavy atom. The van der Waals surface area contributed by atoms with Crippen LogP contribution in [0.25, 0.3) is 0 Å². The van der Waals surface area contributed by atoms with Gasteiger partial charge in [-0.25, -0.2) is 4.79 Å². The Hall–Kier alpha value is -1.45. The van der Waals surface area contributed by atoms with Crippen LogP contribution in [0.15, 0.2) is 18.5 Å². The molecule has 1 N–H and O–H groups in total. The molecular formula is C11H17N2O2+. The standard InChI is InChI=1S/C11H16N2O2/c1-2-3-4-5-7-13-8-6-10(9-12-13)11(14)15/h6,8-9H,2-5,7H2,1H3/p+1. The van der Waals surface area contributed by atoms with Crippen LogP contribution >= 0.6 is 0 Å². The minimum Gasteiger partial charge on any atom is -0.478 e. The first kappa shape index (κ1) is 11.6. The van der Waals surface area contributed by atoms with Crippen LogP contribution in [0.1, 0.15) is 43.0 Å². The number of rotatable bonds is 6. The van der Waals surface area contributed by atoms with Crippen molar-refractivity contribution < 1.29 is 14.6 Å². The lowest BCUT2D eigenvalue weighted by Crippen LogP contribution is -2.37. The molecule has 0 amide bonds. The normalized spacial score (nSPS) is 10.2. The SMILES string of the molecule is CCCCCC[n+]1ccc(C(=O)O)cn1. The number of aromatic carboxylic acids is 1. The van der Waals surface area contributed by atoms with E-state index in [-0.39, 0.29) is 5.56 Å². The molecule has 0 fully saturated rings. The van der Waals surface area contributed by atoms with Gasteiger partial charge in [-0.2, -0.15) is 0 Å². The summed E-state index contributed by atoms with van der Waals surface area (Å²) >= 11 is 0. The zero-order valence-electron chi connectivity index (χ0n) is 9.02. The molecule has 0 unspecified atom stereocenters. The molecule has 0 atom stereocenters. The fourth-order valence-electron chi connectivity index (χ4n) is 1.34. The van der Waals surface area contributed by atoms with Gasteiger partial charge in [0.05, 0.1) is 5.56 Å². The molecule has 0 radical (unpaired) electrons. The molecule has 1 heterocycles. The average molecular weight is 209 g/mol. The van der Waals surface area contributed by atoms with Crippen molar-refractivity contribution in [3.8, 4) is 0 Å². The number of aryl methyl sites for hydroxylation is 1. The molecule has 1 rings (SSSR count). The first-order chi connectivity index (χ1) is 7.24. The minimum atomic E-state index is -0.930. The Labute approximate surface area is 89.6 Å². The van der Waals surface area contributed by atoms with E-state index in [9.17, 15) is 4.79 Å². The van der Waals surface area contributed by atoms with Crippen LogP contribution in [0.5, 0.6) is 0 Å². The molecule has 0 saturated carbocycles. The second kappa shape index (κ2) is 6.11. The molecule has 4 heteroatoms. The Bertz CT molecular complexity index is 309. The van der Waals surface area contributed by atoms with E-state index in [2.05, 4.69) is 12.0 Å². The lowest BCUT2D eigenvalue weighted by atomic mass is 10.2. The summed E-state index contributed by atoms with van der Waals surface area (Å²) in [6.45, 7) is 3.03. The first-order valence-corrected chi connectivity index (χ1v) is 5.33. The van der Waals surface area contributed by atoms with Gasteiger partial charge < -0.3 is 5.11 Å². The first-order valence-electron chi connectivity index (χ1n) is 5.33. The minimum absolute atomic E-state index is 0.236. The predicted octanol–water partition coefficient (Wildman–Crippen LogP) is 1.65. The largest absolute Gasteiger partial charge is 0.478 e. The number of hydrogen-bond acceptors (Lipinski definition) is 2. The van der Waals surface area contributed by atoms with Gasteiger partial charge in [-0.05, 0) is 11.5 Å². The summed E-state index contributed by atoms with van der Waals surface area (Å²) in [5.74, 6) is -0.930. The number of carboxylic acid groups (broad SMARTS) is 1. The zero-order valence-corrected chi connectivity index (χ0v) is 9.02. The van der Waals surface area contributed by atoms with Crippen LogP contribution in [0, 0.1) is 0 Å². The maximum absolute atomic E-state index is 10.6. The second-order valence-electron chi connectivity index (χ2n) is 3.54. The maximum atomic E-state index is 10.6. The number of unbranched alkanes of at least 4 members (excludes halogenated alkanes) is 3. The van der Waals surface area contributed by atoms with Crippen molar-refractivity contribution in [2.45, 2.75) is 39.2 Å². The molecule has 0 saturated heterocycles. The van der Waals surface area contributed by atoms with Gasteiger partial charge in [-0.15, -0.1) is 0 Å². The van der Waals surface area contributed by atoms with Crippen LogP contribution in [0.2, 0.25) is 0 Å². The van der Waals surface area contributed by atoms with Crippen molar-refractivity contribution in [2.75, 3.05) is 0 Å². The van der Waals surface area contributed by atoms with Crippen molar-refractivity contribution in [1.82, 2.24) is 5.10 Å². The highest BCUT2D eigenvalue weighted by atomic mass is 16.4. The smallest absolute Gasteiger partial charge is 0.337 e. The summed E-state index contributed by atoms with van der Waals surface area (Å²) in [5, 5.41) is 12.7. The number of carboxylic acids is 1. The van der Waals surface area contributed by atoms with E-state index in [0.29, 0.717) is 0 Å². The quantitative estimate of drug-likeness (QED) is 0.572. The van der Waals surface area contributed by atoms with Crippen molar-refractivity contribution in [3.63, 3.8) is 0 Å². The van der Waals surface area contributed by atoms with E-state index in [0.717, 1.165) is 13.0 Å².